The Morgan fingerprint density at radius 2 is 2.24 bits per heavy atom. The van der Waals surface area contributed by atoms with E-state index in [1.807, 2.05) is 0 Å². The smallest absolute Gasteiger partial charge is 0.337 e. The number of hydrogen-bond donors (Lipinski definition) is 1. The normalized spacial score (nSPS) is 10.9. The van der Waals surface area contributed by atoms with E-state index in [1.54, 1.807) is 0 Å². The van der Waals surface area contributed by atoms with E-state index in [0.29, 0.717) is 0 Å². The molecule has 0 saturated carbocycles. The van der Waals surface area contributed by atoms with Gasteiger partial charge in [-0.15, -0.1) is 0 Å². The summed E-state index contributed by atoms with van der Waals surface area (Å²) < 4.78 is 20.0. The van der Waals surface area contributed by atoms with Gasteiger partial charge in [0.2, 0.25) is 5.89 Å². The van der Waals surface area contributed by atoms with Gasteiger partial charge in [0.25, 0.3) is 5.56 Å². The molecule has 0 bridgehead atoms. The fourth-order valence-corrected chi connectivity index (χ4v) is 2.16. The predicted octanol–water partition coefficient (Wildman–Crippen LogP) is 1.88. The Labute approximate surface area is 117 Å². The maximum Gasteiger partial charge on any atom is 0.337 e. The second kappa shape index (κ2) is 4.86. The summed E-state index contributed by atoms with van der Waals surface area (Å²) >= 11 is 0. The van der Waals surface area contributed by atoms with Crippen LogP contribution >= 0.6 is 0 Å². The molecule has 1 N–H and O–H groups in total. The van der Waals surface area contributed by atoms with Crippen molar-refractivity contribution in [3.63, 3.8) is 0 Å². The number of carbonyl (C=O) groups is 1. The molecule has 0 amide bonds. The molecule has 0 aliphatic carbocycles. The van der Waals surface area contributed by atoms with E-state index >= 15 is 0 Å². The van der Waals surface area contributed by atoms with Crippen molar-refractivity contribution >= 4 is 16.7 Å². The molecule has 3 rings (SSSR count). The second-order valence-electron chi connectivity index (χ2n) is 4.37. The fourth-order valence-electron chi connectivity index (χ4n) is 2.16. The zero-order valence-electron chi connectivity index (χ0n) is 10.6. The van der Waals surface area contributed by atoms with E-state index in [9.17, 15) is 19.1 Å². The van der Waals surface area contributed by atoms with Crippen LogP contribution in [0.2, 0.25) is 0 Å². The Kier molecular flexibility index (Phi) is 3.02. The number of aromatic nitrogens is 2. The second-order valence-corrected chi connectivity index (χ2v) is 4.37. The minimum atomic E-state index is -1.24. The predicted molar refractivity (Wildman–Crippen MR) is 70.7 cm³/mol. The zero-order chi connectivity index (χ0) is 15.0. The van der Waals surface area contributed by atoms with Crippen LogP contribution in [0.5, 0.6) is 0 Å². The van der Waals surface area contributed by atoms with Crippen LogP contribution in [0.15, 0.2) is 46.1 Å². The van der Waals surface area contributed by atoms with Crippen molar-refractivity contribution in [1.29, 1.82) is 0 Å². The number of hydrogen-bond acceptors (Lipinski definition) is 4. The van der Waals surface area contributed by atoms with E-state index in [0.717, 1.165) is 16.8 Å². The zero-order valence-corrected chi connectivity index (χ0v) is 10.6. The van der Waals surface area contributed by atoms with Crippen LogP contribution in [0.1, 0.15) is 16.2 Å². The van der Waals surface area contributed by atoms with Gasteiger partial charge < -0.3 is 14.1 Å². The molecule has 21 heavy (non-hydrogen) atoms. The summed E-state index contributed by atoms with van der Waals surface area (Å²) in [5.74, 6) is -1.78. The van der Waals surface area contributed by atoms with Gasteiger partial charge in [0, 0.05) is 11.6 Å². The summed E-state index contributed by atoms with van der Waals surface area (Å²) in [7, 11) is 0. The number of fused-ring (bicyclic) bond motifs is 1. The van der Waals surface area contributed by atoms with E-state index in [-0.39, 0.29) is 28.8 Å². The maximum atomic E-state index is 13.9. The number of carboxylic acid groups (broad SMARTS) is 1. The fraction of sp³-hybridized carbons (Fsp3) is 0.0714. The third-order valence-corrected chi connectivity index (χ3v) is 3.08. The van der Waals surface area contributed by atoms with Gasteiger partial charge in [-0.3, -0.25) is 4.79 Å². The minimum absolute atomic E-state index is 0.0659. The van der Waals surface area contributed by atoms with Crippen molar-refractivity contribution in [3.05, 3.63) is 64.5 Å². The van der Waals surface area contributed by atoms with Crippen LogP contribution in [0.4, 0.5) is 4.39 Å². The Morgan fingerprint density at radius 1 is 1.43 bits per heavy atom. The Hall–Kier alpha value is -2.96. The molecule has 0 fully saturated rings. The SMILES string of the molecule is O=C(O)c1cn(Cc2ncco2)c(=O)c2c(F)cccc12. The van der Waals surface area contributed by atoms with Crippen molar-refractivity contribution in [2.75, 3.05) is 0 Å². The third-order valence-electron chi connectivity index (χ3n) is 3.08. The van der Waals surface area contributed by atoms with Gasteiger partial charge >= 0.3 is 5.97 Å². The Balaban J connectivity index is 2.31. The lowest BCUT2D eigenvalue weighted by molar-refractivity contribution is 0.0698. The van der Waals surface area contributed by atoms with Gasteiger partial charge in [0.15, 0.2) is 0 Å². The number of nitrogens with zero attached hydrogens (tertiary/aromatic N) is 2. The highest BCUT2D eigenvalue weighted by molar-refractivity contribution is 6.03. The molecule has 0 spiro atoms. The van der Waals surface area contributed by atoms with Gasteiger partial charge in [-0.2, -0.15) is 0 Å². The van der Waals surface area contributed by atoms with Crippen LogP contribution < -0.4 is 5.56 Å². The van der Waals surface area contributed by atoms with Crippen LogP contribution in [-0.4, -0.2) is 20.6 Å². The molecule has 0 saturated heterocycles. The lowest BCUT2D eigenvalue weighted by Gasteiger charge is -2.09. The van der Waals surface area contributed by atoms with Crippen molar-refractivity contribution in [2.24, 2.45) is 0 Å². The Morgan fingerprint density at radius 3 is 2.90 bits per heavy atom. The highest BCUT2D eigenvalue weighted by Crippen LogP contribution is 2.18. The molecule has 2 heterocycles. The molecule has 106 valence electrons. The van der Waals surface area contributed by atoms with Crippen molar-refractivity contribution in [1.82, 2.24) is 9.55 Å². The number of benzene rings is 1. The number of rotatable bonds is 3. The average molecular weight is 288 g/mol. The maximum absolute atomic E-state index is 13.9. The van der Waals surface area contributed by atoms with E-state index in [4.69, 9.17) is 4.42 Å². The van der Waals surface area contributed by atoms with Gasteiger partial charge in [0.05, 0.1) is 17.1 Å². The molecular formula is C14H9FN2O4. The monoisotopic (exact) mass is 288 g/mol. The Bertz CT molecular complexity index is 884. The summed E-state index contributed by atoms with van der Waals surface area (Å²) in [5, 5.41) is 9.04. The molecule has 0 aliphatic heterocycles. The molecule has 1 aromatic carbocycles. The first-order valence-corrected chi connectivity index (χ1v) is 6.01. The molecule has 0 aliphatic rings. The molecule has 6 nitrogen and oxygen atoms in total. The standard InChI is InChI=1S/C14H9FN2O4/c15-10-3-1-2-8-9(14(19)20)6-17(13(18)12(8)10)7-11-16-4-5-21-11/h1-6H,7H2,(H,19,20). The van der Waals surface area contributed by atoms with Crippen LogP contribution in [-0.2, 0) is 6.54 Å². The van der Waals surface area contributed by atoms with Gasteiger partial charge in [-0.25, -0.2) is 14.2 Å². The van der Waals surface area contributed by atoms with E-state index in [1.165, 1.54) is 24.6 Å². The summed E-state index contributed by atoms with van der Waals surface area (Å²) in [5.41, 5.74) is -0.790. The molecule has 7 heteroatoms. The number of carboxylic acids is 1. The van der Waals surface area contributed by atoms with Crippen molar-refractivity contribution in [3.8, 4) is 0 Å². The van der Waals surface area contributed by atoms with Gasteiger partial charge in [-0.1, -0.05) is 12.1 Å². The third kappa shape index (κ3) is 2.18. The lowest BCUT2D eigenvalue weighted by atomic mass is 10.1. The molecule has 0 atom stereocenters. The number of oxazole rings is 1. The van der Waals surface area contributed by atoms with Gasteiger partial charge in [0.1, 0.15) is 18.6 Å². The summed E-state index contributed by atoms with van der Waals surface area (Å²) in [6.07, 6.45) is 3.90. The lowest BCUT2D eigenvalue weighted by Crippen LogP contribution is -2.23. The summed E-state index contributed by atoms with van der Waals surface area (Å²) in [6.45, 7) is -0.0730. The van der Waals surface area contributed by atoms with Crippen LogP contribution in [0, 0.1) is 5.82 Å². The first kappa shape index (κ1) is 13.0. The first-order chi connectivity index (χ1) is 10.1. The summed E-state index contributed by atoms with van der Waals surface area (Å²) in [6, 6.07) is 3.88. The number of aromatic carboxylic acids is 1. The molecule has 2 aromatic heterocycles. The molecule has 0 radical (unpaired) electrons. The highest BCUT2D eigenvalue weighted by atomic mass is 19.1. The highest BCUT2D eigenvalue weighted by Gasteiger charge is 2.17. The van der Waals surface area contributed by atoms with Crippen molar-refractivity contribution < 1.29 is 18.7 Å². The van der Waals surface area contributed by atoms with E-state index in [2.05, 4.69) is 4.98 Å². The molecular weight excluding hydrogens is 279 g/mol. The van der Waals surface area contributed by atoms with Crippen LogP contribution in [0.25, 0.3) is 10.8 Å². The van der Waals surface area contributed by atoms with Crippen molar-refractivity contribution in [2.45, 2.75) is 6.54 Å². The number of pyridine rings is 1. The van der Waals surface area contributed by atoms with Gasteiger partial charge in [-0.05, 0) is 6.07 Å². The molecule has 0 unspecified atom stereocenters. The molecule has 3 aromatic rings. The quantitative estimate of drug-likeness (QED) is 0.795. The first-order valence-electron chi connectivity index (χ1n) is 6.01. The minimum Gasteiger partial charge on any atom is -0.478 e. The summed E-state index contributed by atoms with van der Waals surface area (Å²) in [4.78, 5) is 27.5. The topological polar surface area (TPSA) is 85.3 Å². The average Bonchev–Trinajstić information content (AvgIpc) is 2.94. The van der Waals surface area contributed by atoms with E-state index < -0.39 is 17.3 Å². The van der Waals surface area contributed by atoms with Crippen LogP contribution in [0.3, 0.4) is 0 Å². The largest absolute Gasteiger partial charge is 0.478 e. The number of halogens is 1.